The van der Waals surface area contributed by atoms with E-state index in [0.29, 0.717) is 18.0 Å². The first-order valence-electron chi connectivity index (χ1n) is 5.20. The van der Waals surface area contributed by atoms with Crippen molar-refractivity contribution in [3.63, 3.8) is 0 Å². The Hall–Kier alpha value is -1.62. The third-order valence-electron chi connectivity index (χ3n) is 2.14. The van der Waals surface area contributed by atoms with Crippen molar-refractivity contribution in [2.45, 2.75) is 13.3 Å². The first-order chi connectivity index (χ1) is 7.66. The number of rotatable bonds is 5. The summed E-state index contributed by atoms with van der Waals surface area (Å²) < 4.78 is 5.18. The molecule has 0 aliphatic rings. The van der Waals surface area contributed by atoms with Gasteiger partial charge in [-0.2, -0.15) is 0 Å². The summed E-state index contributed by atoms with van der Waals surface area (Å²) in [7, 11) is 1.67. The second-order valence-corrected chi connectivity index (χ2v) is 3.44. The monoisotopic (exact) mass is 223 g/mol. The van der Waals surface area contributed by atoms with Crippen LogP contribution in [0.15, 0.2) is 18.5 Å². The molecule has 0 aliphatic heterocycles. The van der Waals surface area contributed by atoms with Gasteiger partial charge in [0.2, 0.25) is 0 Å². The van der Waals surface area contributed by atoms with Gasteiger partial charge in [-0.15, -0.1) is 0 Å². The lowest BCUT2D eigenvalue weighted by molar-refractivity contribution is -0.122. The van der Waals surface area contributed by atoms with E-state index in [4.69, 9.17) is 10.5 Å². The Balaban J connectivity index is 2.60. The van der Waals surface area contributed by atoms with E-state index < -0.39 is 0 Å². The Morgan fingerprint density at radius 1 is 1.62 bits per heavy atom. The zero-order chi connectivity index (χ0) is 12.0. The molecule has 0 aliphatic carbocycles. The Morgan fingerprint density at radius 2 is 2.38 bits per heavy atom. The third kappa shape index (κ3) is 3.20. The van der Waals surface area contributed by atoms with Gasteiger partial charge in [0, 0.05) is 19.9 Å². The number of hydrogen-bond donors (Lipinski definition) is 1. The second kappa shape index (κ2) is 6.07. The number of hydrogen-bond acceptors (Lipinski definition) is 4. The Kier molecular flexibility index (Phi) is 4.72. The molecule has 0 saturated heterocycles. The molecule has 0 radical (unpaired) electrons. The first kappa shape index (κ1) is 12.4. The number of anilines is 2. The summed E-state index contributed by atoms with van der Waals surface area (Å²) in [5.41, 5.74) is 6.85. The van der Waals surface area contributed by atoms with Crippen molar-refractivity contribution >= 4 is 17.3 Å². The van der Waals surface area contributed by atoms with E-state index in [9.17, 15) is 4.79 Å². The van der Waals surface area contributed by atoms with Crippen LogP contribution in [0.5, 0.6) is 0 Å². The quantitative estimate of drug-likeness (QED) is 0.758. The maximum Gasteiger partial charge on any atom is 0.252 e. The highest BCUT2D eigenvalue weighted by Crippen LogP contribution is 2.19. The molecule has 0 saturated carbocycles. The minimum absolute atomic E-state index is 0.0755. The van der Waals surface area contributed by atoms with Crippen LogP contribution in [0.2, 0.25) is 0 Å². The molecule has 1 aromatic heterocycles. The molecular weight excluding hydrogens is 206 g/mol. The van der Waals surface area contributed by atoms with Gasteiger partial charge in [0.15, 0.2) is 0 Å². The van der Waals surface area contributed by atoms with Crippen molar-refractivity contribution < 1.29 is 9.53 Å². The van der Waals surface area contributed by atoms with E-state index >= 15 is 0 Å². The second-order valence-electron chi connectivity index (χ2n) is 3.44. The van der Waals surface area contributed by atoms with Gasteiger partial charge in [-0.05, 0) is 12.5 Å². The summed E-state index contributed by atoms with van der Waals surface area (Å²) in [6.45, 7) is 2.66. The van der Waals surface area contributed by atoms with Crippen LogP contribution < -0.4 is 10.6 Å². The lowest BCUT2D eigenvalue weighted by Gasteiger charge is -2.18. The zero-order valence-electron chi connectivity index (χ0n) is 9.64. The van der Waals surface area contributed by atoms with Crippen LogP contribution in [0.25, 0.3) is 0 Å². The van der Waals surface area contributed by atoms with Crippen LogP contribution in [0, 0.1) is 0 Å². The minimum atomic E-state index is -0.119. The van der Waals surface area contributed by atoms with Gasteiger partial charge in [0.05, 0.1) is 17.6 Å². The molecule has 5 heteroatoms. The minimum Gasteiger partial charge on any atom is -0.396 e. The number of nitrogens with two attached hydrogens (primary N) is 1. The van der Waals surface area contributed by atoms with E-state index in [2.05, 4.69) is 4.98 Å². The molecule has 0 spiro atoms. The van der Waals surface area contributed by atoms with Gasteiger partial charge in [0.25, 0.3) is 5.91 Å². The van der Waals surface area contributed by atoms with Gasteiger partial charge in [0.1, 0.15) is 6.61 Å². The van der Waals surface area contributed by atoms with Crippen LogP contribution in [-0.4, -0.2) is 31.2 Å². The third-order valence-corrected chi connectivity index (χ3v) is 2.14. The lowest BCUT2D eigenvalue weighted by Crippen LogP contribution is -2.30. The summed E-state index contributed by atoms with van der Waals surface area (Å²) in [6, 6.07) is 1.70. The molecule has 1 aromatic rings. The van der Waals surface area contributed by atoms with Crippen LogP contribution in [-0.2, 0) is 9.53 Å². The fourth-order valence-corrected chi connectivity index (χ4v) is 1.24. The highest BCUT2D eigenvalue weighted by atomic mass is 16.5. The Bertz CT molecular complexity index is 355. The smallest absolute Gasteiger partial charge is 0.252 e. The topological polar surface area (TPSA) is 68.5 Å². The van der Waals surface area contributed by atoms with E-state index in [0.717, 1.165) is 6.42 Å². The number of aromatic nitrogens is 1. The van der Waals surface area contributed by atoms with Gasteiger partial charge in [-0.25, -0.2) is 0 Å². The van der Waals surface area contributed by atoms with E-state index in [1.165, 1.54) is 11.1 Å². The van der Waals surface area contributed by atoms with Crippen molar-refractivity contribution in [3.05, 3.63) is 18.5 Å². The highest BCUT2D eigenvalue weighted by Gasteiger charge is 2.12. The van der Waals surface area contributed by atoms with E-state index in [1.54, 1.807) is 19.3 Å². The number of carbonyl (C=O) groups excluding carboxylic acids is 1. The maximum absolute atomic E-state index is 11.7. The molecule has 1 heterocycles. The number of likely N-dealkylation sites (N-methyl/N-ethyl adjacent to an activating group) is 1. The van der Waals surface area contributed by atoms with E-state index in [-0.39, 0.29) is 12.5 Å². The molecule has 88 valence electrons. The summed E-state index contributed by atoms with van der Waals surface area (Å²) >= 11 is 0. The summed E-state index contributed by atoms with van der Waals surface area (Å²) in [5, 5.41) is 0. The molecule has 1 rings (SSSR count). The number of carbonyl (C=O) groups is 1. The summed E-state index contributed by atoms with van der Waals surface area (Å²) in [5.74, 6) is -0.119. The maximum atomic E-state index is 11.7. The highest BCUT2D eigenvalue weighted by molar-refractivity contribution is 5.96. The predicted octanol–water partition coefficient (Wildman–Crippen LogP) is 1.05. The van der Waals surface area contributed by atoms with E-state index in [1.807, 2.05) is 6.92 Å². The number of nitrogen functional groups attached to an aromatic ring is 1. The molecule has 0 atom stereocenters. The average molecular weight is 223 g/mol. The fraction of sp³-hybridized carbons (Fsp3) is 0.455. The van der Waals surface area contributed by atoms with Crippen molar-refractivity contribution in [2.75, 3.05) is 30.9 Å². The number of ether oxygens (including phenoxy) is 1. The lowest BCUT2D eigenvalue weighted by atomic mass is 10.3. The van der Waals surface area contributed by atoms with Crippen molar-refractivity contribution in [3.8, 4) is 0 Å². The number of nitrogens with zero attached hydrogens (tertiary/aromatic N) is 2. The Morgan fingerprint density at radius 3 is 3.00 bits per heavy atom. The first-order valence-corrected chi connectivity index (χ1v) is 5.20. The molecule has 1 amide bonds. The molecule has 0 fully saturated rings. The van der Waals surface area contributed by atoms with Crippen molar-refractivity contribution in [1.29, 1.82) is 0 Å². The van der Waals surface area contributed by atoms with Crippen LogP contribution in [0.1, 0.15) is 13.3 Å². The predicted molar refractivity (Wildman–Crippen MR) is 63.2 cm³/mol. The van der Waals surface area contributed by atoms with Gasteiger partial charge >= 0.3 is 0 Å². The SMILES string of the molecule is CCCOCC(=O)N(C)c1ccncc1N. The number of pyridine rings is 1. The van der Waals surface area contributed by atoms with Gasteiger partial charge in [-0.3, -0.25) is 9.78 Å². The molecular formula is C11H17N3O2. The fourth-order valence-electron chi connectivity index (χ4n) is 1.24. The van der Waals surface area contributed by atoms with Crippen LogP contribution >= 0.6 is 0 Å². The van der Waals surface area contributed by atoms with Crippen LogP contribution in [0.3, 0.4) is 0 Å². The Labute approximate surface area is 95.2 Å². The van der Waals surface area contributed by atoms with Crippen molar-refractivity contribution in [2.24, 2.45) is 0 Å². The number of amides is 1. The van der Waals surface area contributed by atoms with Gasteiger partial charge < -0.3 is 15.4 Å². The average Bonchev–Trinajstić information content (AvgIpc) is 2.29. The normalized spacial score (nSPS) is 10.1. The molecule has 0 aromatic carbocycles. The molecule has 0 bridgehead atoms. The standard InChI is InChI=1S/C11H17N3O2/c1-3-6-16-8-11(15)14(2)10-4-5-13-7-9(10)12/h4-5,7H,3,6,8,12H2,1-2H3. The molecule has 0 unspecified atom stereocenters. The van der Waals surface area contributed by atoms with Crippen molar-refractivity contribution in [1.82, 2.24) is 4.98 Å². The summed E-state index contributed by atoms with van der Waals surface area (Å²) in [6.07, 6.45) is 4.02. The summed E-state index contributed by atoms with van der Waals surface area (Å²) in [4.78, 5) is 17.0. The molecule has 16 heavy (non-hydrogen) atoms. The largest absolute Gasteiger partial charge is 0.396 e. The molecule has 5 nitrogen and oxygen atoms in total. The van der Waals surface area contributed by atoms with Crippen LogP contribution in [0.4, 0.5) is 11.4 Å². The van der Waals surface area contributed by atoms with Gasteiger partial charge in [-0.1, -0.05) is 6.92 Å². The molecule has 2 N–H and O–H groups in total. The zero-order valence-corrected chi connectivity index (χ0v) is 9.64.